The van der Waals surface area contributed by atoms with Crippen molar-refractivity contribution in [3.63, 3.8) is 0 Å². The van der Waals surface area contributed by atoms with E-state index in [1.807, 2.05) is 18.3 Å². The van der Waals surface area contributed by atoms with Crippen LogP contribution in [0.5, 0.6) is 0 Å². The van der Waals surface area contributed by atoms with Crippen molar-refractivity contribution >= 4 is 16.6 Å². The highest BCUT2D eigenvalue weighted by molar-refractivity contribution is 5.82. The summed E-state index contributed by atoms with van der Waals surface area (Å²) in [6.45, 7) is 3.16. The molecule has 1 heterocycles. The number of non-ortho nitro benzene ring substituents is 1. The van der Waals surface area contributed by atoms with E-state index in [2.05, 4.69) is 11.5 Å². The van der Waals surface area contributed by atoms with E-state index in [4.69, 9.17) is 0 Å². The zero-order valence-electron chi connectivity index (χ0n) is 12.0. The SMILES string of the molecule is CCCCCCCCn1ccc2ccc([N+](=O)[O-])cc21. The molecular weight excluding hydrogens is 252 g/mol. The van der Waals surface area contributed by atoms with Crippen molar-refractivity contribution in [2.24, 2.45) is 0 Å². The van der Waals surface area contributed by atoms with E-state index in [1.54, 1.807) is 12.1 Å². The van der Waals surface area contributed by atoms with Crippen molar-refractivity contribution in [1.29, 1.82) is 0 Å². The average molecular weight is 274 g/mol. The highest BCUT2D eigenvalue weighted by atomic mass is 16.6. The maximum Gasteiger partial charge on any atom is 0.271 e. The molecular formula is C16H22N2O2. The van der Waals surface area contributed by atoms with Crippen molar-refractivity contribution < 1.29 is 4.92 Å². The highest BCUT2D eigenvalue weighted by Gasteiger charge is 2.08. The molecule has 0 amide bonds. The van der Waals surface area contributed by atoms with Gasteiger partial charge in [-0.2, -0.15) is 0 Å². The number of nitrogens with zero attached hydrogens (tertiary/aromatic N) is 2. The molecule has 0 spiro atoms. The van der Waals surface area contributed by atoms with E-state index in [-0.39, 0.29) is 10.6 Å². The third-order valence-electron chi connectivity index (χ3n) is 3.72. The number of nitro groups is 1. The lowest BCUT2D eigenvalue weighted by molar-refractivity contribution is -0.384. The van der Waals surface area contributed by atoms with E-state index in [0.717, 1.165) is 23.9 Å². The zero-order valence-corrected chi connectivity index (χ0v) is 12.0. The minimum absolute atomic E-state index is 0.167. The average Bonchev–Trinajstić information content (AvgIpc) is 2.85. The second-order valence-corrected chi connectivity index (χ2v) is 5.28. The smallest absolute Gasteiger partial charge is 0.271 e. The molecule has 1 aromatic carbocycles. The molecule has 0 unspecified atom stereocenters. The van der Waals surface area contributed by atoms with Crippen molar-refractivity contribution in [2.45, 2.75) is 52.0 Å². The van der Waals surface area contributed by atoms with Crippen LogP contribution in [-0.2, 0) is 6.54 Å². The normalized spacial score (nSPS) is 11.1. The van der Waals surface area contributed by atoms with Gasteiger partial charge in [-0.25, -0.2) is 0 Å². The number of hydrogen-bond donors (Lipinski definition) is 0. The maximum atomic E-state index is 10.8. The largest absolute Gasteiger partial charge is 0.347 e. The molecule has 0 N–H and O–H groups in total. The summed E-state index contributed by atoms with van der Waals surface area (Å²) in [4.78, 5) is 10.5. The Labute approximate surface area is 119 Å². The molecule has 0 saturated heterocycles. The summed E-state index contributed by atoms with van der Waals surface area (Å²) in [5, 5.41) is 11.9. The quantitative estimate of drug-likeness (QED) is 0.390. The summed E-state index contributed by atoms with van der Waals surface area (Å²) in [6, 6.07) is 7.09. The first-order valence-electron chi connectivity index (χ1n) is 7.45. The molecule has 2 aromatic rings. The van der Waals surface area contributed by atoms with E-state index < -0.39 is 0 Å². The first-order valence-corrected chi connectivity index (χ1v) is 7.45. The van der Waals surface area contributed by atoms with Crippen LogP contribution in [0.3, 0.4) is 0 Å². The second kappa shape index (κ2) is 7.08. The number of hydrogen-bond acceptors (Lipinski definition) is 2. The van der Waals surface area contributed by atoms with E-state index in [9.17, 15) is 10.1 Å². The molecule has 0 aliphatic carbocycles. The summed E-state index contributed by atoms with van der Waals surface area (Å²) < 4.78 is 2.13. The number of fused-ring (bicyclic) bond motifs is 1. The Balaban J connectivity index is 1.96. The molecule has 0 saturated carbocycles. The molecule has 0 atom stereocenters. The van der Waals surface area contributed by atoms with Crippen LogP contribution in [0.15, 0.2) is 30.5 Å². The number of unbranched alkanes of at least 4 members (excludes halogenated alkanes) is 5. The van der Waals surface area contributed by atoms with Gasteiger partial charge in [-0.15, -0.1) is 0 Å². The number of benzene rings is 1. The van der Waals surface area contributed by atoms with E-state index in [0.29, 0.717) is 0 Å². The Morgan fingerprint density at radius 2 is 1.85 bits per heavy atom. The molecule has 20 heavy (non-hydrogen) atoms. The van der Waals surface area contributed by atoms with Crippen LogP contribution in [-0.4, -0.2) is 9.49 Å². The van der Waals surface area contributed by atoms with Gasteiger partial charge in [-0.3, -0.25) is 10.1 Å². The topological polar surface area (TPSA) is 48.1 Å². The molecule has 2 rings (SSSR count). The summed E-state index contributed by atoms with van der Waals surface area (Å²) in [6.07, 6.45) is 9.58. The predicted octanol–water partition coefficient (Wildman–Crippen LogP) is 4.91. The number of aromatic nitrogens is 1. The Bertz CT molecular complexity index is 575. The molecule has 4 heteroatoms. The molecule has 0 bridgehead atoms. The van der Waals surface area contributed by atoms with Crippen molar-refractivity contribution in [2.75, 3.05) is 0 Å². The van der Waals surface area contributed by atoms with Gasteiger partial charge in [0.05, 0.1) is 10.4 Å². The fourth-order valence-electron chi connectivity index (χ4n) is 2.54. The lowest BCUT2D eigenvalue weighted by atomic mass is 10.1. The first kappa shape index (κ1) is 14.6. The third-order valence-corrected chi connectivity index (χ3v) is 3.72. The minimum atomic E-state index is -0.332. The Morgan fingerprint density at radius 3 is 2.60 bits per heavy atom. The van der Waals surface area contributed by atoms with Crippen LogP contribution in [0, 0.1) is 10.1 Å². The van der Waals surface area contributed by atoms with Gasteiger partial charge < -0.3 is 4.57 Å². The lowest BCUT2D eigenvalue weighted by Crippen LogP contribution is -1.97. The molecule has 4 nitrogen and oxygen atoms in total. The number of rotatable bonds is 8. The maximum absolute atomic E-state index is 10.8. The van der Waals surface area contributed by atoms with Crippen LogP contribution in [0.4, 0.5) is 5.69 Å². The van der Waals surface area contributed by atoms with Gasteiger partial charge >= 0.3 is 0 Å². The van der Waals surface area contributed by atoms with Crippen LogP contribution >= 0.6 is 0 Å². The molecule has 0 fully saturated rings. The predicted molar refractivity (Wildman–Crippen MR) is 82.0 cm³/mol. The number of aryl methyl sites for hydroxylation is 1. The zero-order chi connectivity index (χ0) is 14.4. The fourth-order valence-corrected chi connectivity index (χ4v) is 2.54. The van der Waals surface area contributed by atoms with Gasteiger partial charge in [0.15, 0.2) is 0 Å². The molecule has 108 valence electrons. The Hall–Kier alpha value is -1.84. The fraction of sp³-hybridized carbons (Fsp3) is 0.500. The third kappa shape index (κ3) is 3.59. The van der Waals surface area contributed by atoms with Crippen LogP contribution in [0.25, 0.3) is 10.9 Å². The standard InChI is InChI=1S/C16H22N2O2/c1-2-3-4-5-6-7-11-17-12-10-14-8-9-15(18(19)20)13-16(14)17/h8-10,12-13H,2-7,11H2,1H3. The van der Waals surface area contributed by atoms with E-state index >= 15 is 0 Å². The molecule has 0 aliphatic heterocycles. The van der Waals surface area contributed by atoms with Crippen molar-refractivity contribution in [1.82, 2.24) is 4.57 Å². The van der Waals surface area contributed by atoms with Crippen LogP contribution in [0.2, 0.25) is 0 Å². The van der Waals surface area contributed by atoms with E-state index in [1.165, 1.54) is 32.1 Å². The lowest BCUT2D eigenvalue weighted by Gasteiger charge is -2.05. The summed E-state index contributed by atoms with van der Waals surface area (Å²) in [5.41, 5.74) is 1.13. The number of nitro benzene ring substituents is 1. The van der Waals surface area contributed by atoms with Gasteiger partial charge in [0.1, 0.15) is 0 Å². The van der Waals surface area contributed by atoms with Crippen molar-refractivity contribution in [3.05, 3.63) is 40.6 Å². The van der Waals surface area contributed by atoms with Crippen LogP contribution in [0.1, 0.15) is 45.4 Å². The van der Waals surface area contributed by atoms with Gasteiger partial charge in [-0.1, -0.05) is 39.0 Å². The molecule has 0 radical (unpaired) electrons. The summed E-state index contributed by atoms with van der Waals surface area (Å²) in [7, 11) is 0. The van der Waals surface area contributed by atoms with Crippen LogP contribution < -0.4 is 0 Å². The Morgan fingerprint density at radius 1 is 1.10 bits per heavy atom. The molecule has 1 aromatic heterocycles. The Kier molecular flexibility index (Phi) is 5.16. The van der Waals surface area contributed by atoms with Crippen molar-refractivity contribution in [3.8, 4) is 0 Å². The minimum Gasteiger partial charge on any atom is -0.347 e. The summed E-state index contributed by atoms with van der Waals surface area (Å²) >= 11 is 0. The highest BCUT2D eigenvalue weighted by Crippen LogP contribution is 2.22. The summed E-state index contributed by atoms with van der Waals surface area (Å²) in [5.74, 6) is 0. The first-order chi connectivity index (χ1) is 9.72. The monoisotopic (exact) mass is 274 g/mol. The van der Waals surface area contributed by atoms with Gasteiger partial charge in [0.25, 0.3) is 5.69 Å². The second-order valence-electron chi connectivity index (χ2n) is 5.28. The van der Waals surface area contributed by atoms with Gasteiger partial charge in [0, 0.05) is 30.3 Å². The van der Waals surface area contributed by atoms with Gasteiger partial charge in [0.2, 0.25) is 0 Å². The van der Waals surface area contributed by atoms with Gasteiger partial charge in [-0.05, 0) is 18.6 Å². The molecule has 0 aliphatic rings.